The summed E-state index contributed by atoms with van der Waals surface area (Å²) in [4.78, 5) is 12.1. The van der Waals surface area contributed by atoms with Crippen molar-refractivity contribution in [2.75, 3.05) is 0 Å². The standard InChI is InChI=1S/C16H14F2O/c1-10(2)11-3-5-12(6-4-11)16(19)14-9-13(17)7-8-15(14)18/h3-10H,1-2H3. The zero-order chi connectivity index (χ0) is 14.0. The molecule has 0 aliphatic heterocycles. The Morgan fingerprint density at radius 2 is 1.63 bits per heavy atom. The van der Waals surface area contributed by atoms with Gasteiger partial charge in [-0.05, 0) is 29.7 Å². The minimum absolute atomic E-state index is 0.239. The Kier molecular flexibility index (Phi) is 3.74. The predicted octanol–water partition coefficient (Wildman–Crippen LogP) is 4.32. The molecule has 1 nitrogen and oxygen atoms in total. The van der Waals surface area contributed by atoms with Crippen molar-refractivity contribution in [2.24, 2.45) is 0 Å². The third kappa shape index (κ3) is 2.87. The molecule has 0 saturated heterocycles. The molecule has 0 N–H and O–H groups in total. The monoisotopic (exact) mass is 260 g/mol. The highest BCUT2D eigenvalue weighted by Crippen LogP contribution is 2.18. The first-order valence-electron chi connectivity index (χ1n) is 6.08. The van der Waals surface area contributed by atoms with Crippen LogP contribution < -0.4 is 0 Å². The van der Waals surface area contributed by atoms with Crippen LogP contribution in [0.2, 0.25) is 0 Å². The van der Waals surface area contributed by atoms with Gasteiger partial charge in [0, 0.05) is 5.56 Å². The Morgan fingerprint density at radius 3 is 2.21 bits per heavy atom. The molecule has 0 aliphatic rings. The minimum Gasteiger partial charge on any atom is -0.288 e. The first-order chi connectivity index (χ1) is 8.99. The van der Waals surface area contributed by atoms with Gasteiger partial charge in [-0.3, -0.25) is 4.79 Å². The van der Waals surface area contributed by atoms with E-state index in [4.69, 9.17) is 0 Å². The second kappa shape index (κ2) is 5.31. The highest BCUT2D eigenvalue weighted by molar-refractivity contribution is 6.09. The number of rotatable bonds is 3. The van der Waals surface area contributed by atoms with E-state index in [1.54, 1.807) is 12.1 Å². The zero-order valence-electron chi connectivity index (χ0n) is 10.8. The van der Waals surface area contributed by atoms with Crippen LogP contribution in [0.25, 0.3) is 0 Å². The van der Waals surface area contributed by atoms with E-state index in [1.165, 1.54) is 0 Å². The largest absolute Gasteiger partial charge is 0.288 e. The number of carbonyl (C=O) groups is 1. The lowest BCUT2D eigenvalue weighted by Gasteiger charge is -2.07. The molecule has 0 saturated carbocycles. The summed E-state index contributed by atoms with van der Waals surface area (Å²) in [7, 11) is 0. The molecule has 2 rings (SSSR count). The average Bonchev–Trinajstić information content (AvgIpc) is 2.41. The van der Waals surface area contributed by atoms with E-state index in [9.17, 15) is 13.6 Å². The van der Waals surface area contributed by atoms with Crippen LogP contribution >= 0.6 is 0 Å². The molecule has 2 aromatic rings. The molecule has 0 aliphatic carbocycles. The van der Waals surface area contributed by atoms with Crippen molar-refractivity contribution in [1.82, 2.24) is 0 Å². The Hall–Kier alpha value is -2.03. The highest BCUT2D eigenvalue weighted by atomic mass is 19.1. The van der Waals surface area contributed by atoms with E-state index in [1.807, 2.05) is 26.0 Å². The van der Waals surface area contributed by atoms with Gasteiger partial charge in [0.05, 0.1) is 5.56 Å². The quantitative estimate of drug-likeness (QED) is 0.751. The van der Waals surface area contributed by atoms with E-state index >= 15 is 0 Å². The van der Waals surface area contributed by atoms with Gasteiger partial charge in [-0.1, -0.05) is 38.1 Å². The highest BCUT2D eigenvalue weighted by Gasteiger charge is 2.15. The molecule has 0 aromatic heterocycles. The molecule has 2 aromatic carbocycles. The fourth-order valence-corrected chi connectivity index (χ4v) is 1.85. The van der Waals surface area contributed by atoms with Gasteiger partial charge in [0.25, 0.3) is 0 Å². The Morgan fingerprint density at radius 1 is 1.00 bits per heavy atom. The molecule has 0 amide bonds. The van der Waals surface area contributed by atoms with E-state index in [2.05, 4.69) is 0 Å². The first-order valence-corrected chi connectivity index (χ1v) is 6.08. The molecular weight excluding hydrogens is 246 g/mol. The van der Waals surface area contributed by atoms with Crippen molar-refractivity contribution in [3.8, 4) is 0 Å². The van der Waals surface area contributed by atoms with Gasteiger partial charge in [0.15, 0.2) is 5.78 Å². The Bertz CT molecular complexity index is 601. The third-order valence-corrected chi connectivity index (χ3v) is 3.01. The number of carbonyl (C=O) groups excluding carboxylic acids is 1. The van der Waals surface area contributed by atoms with Crippen LogP contribution in [0.4, 0.5) is 8.78 Å². The maximum absolute atomic E-state index is 13.5. The molecule has 3 heteroatoms. The van der Waals surface area contributed by atoms with Gasteiger partial charge in [-0.25, -0.2) is 8.78 Å². The summed E-state index contributed by atoms with van der Waals surface area (Å²) in [5, 5.41) is 0. The molecule has 0 atom stereocenters. The molecule has 0 unspecified atom stereocenters. The van der Waals surface area contributed by atoms with Gasteiger partial charge in [0.1, 0.15) is 11.6 Å². The molecule has 0 radical (unpaired) electrons. The van der Waals surface area contributed by atoms with Crippen molar-refractivity contribution in [1.29, 1.82) is 0 Å². The molecule has 0 bridgehead atoms. The number of ketones is 1. The Balaban J connectivity index is 2.36. The molecule has 19 heavy (non-hydrogen) atoms. The van der Waals surface area contributed by atoms with Crippen LogP contribution in [-0.4, -0.2) is 5.78 Å². The number of hydrogen-bond donors (Lipinski definition) is 0. The normalized spacial score (nSPS) is 10.8. The summed E-state index contributed by atoms with van der Waals surface area (Å²) < 4.78 is 26.6. The van der Waals surface area contributed by atoms with Gasteiger partial charge in [-0.2, -0.15) is 0 Å². The summed E-state index contributed by atoms with van der Waals surface area (Å²) >= 11 is 0. The average molecular weight is 260 g/mol. The summed E-state index contributed by atoms with van der Waals surface area (Å²) in [6, 6.07) is 9.82. The Labute approximate surface area is 110 Å². The van der Waals surface area contributed by atoms with Crippen molar-refractivity contribution < 1.29 is 13.6 Å². The predicted molar refractivity (Wildman–Crippen MR) is 70.3 cm³/mol. The van der Waals surface area contributed by atoms with Gasteiger partial charge >= 0.3 is 0 Å². The van der Waals surface area contributed by atoms with E-state index in [-0.39, 0.29) is 5.56 Å². The topological polar surface area (TPSA) is 17.1 Å². The van der Waals surface area contributed by atoms with E-state index < -0.39 is 17.4 Å². The number of halogens is 2. The lowest BCUT2D eigenvalue weighted by Crippen LogP contribution is -2.05. The van der Waals surface area contributed by atoms with Crippen molar-refractivity contribution in [2.45, 2.75) is 19.8 Å². The zero-order valence-corrected chi connectivity index (χ0v) is 10.8. The SMILES string of the molecule is CC(C)c1ccc(C(=O)c2cc(F)ccc2F)cc1. The summed E-state index contributed by atoms with van der Waals surface area (Å²) in [5.41, 5.74) is 1.21. The fraction of sp³-hybridized carbons (Fsp3) is 0.188. The van der Waals surface area contributed by atoms with Crippen LogP contribution in [0.3, 0.4) is 0 Å². The number of hydrogen-bond acceptors (Lipinski definition) is 1. The molecule has 0 heterocycles. The second-order valence-electron chi connectivity index (χ2n) is 4.73. The van der Waals surface area contributed by atoms with Gasteiger partial charge in [-0.15, -0.1) is 0 Å². The molecule has 0 fully saturated rings. The van der Waals surface area contributed by atoms with E-state index in [0.717, 1.165) is 23.8 Å². The summed E-state index contributed by atoms with van der Waals surface area (Å²) in [6.07, 6.45) is 0. The smallest absolute Gasteiger partial charge is 0.196 e. The lowest BCUT2D eigenvalue weighted by molar-refractivity contribution is 0.103. The van der Waals surface area contributed by atoms with Crippen LogP contribution in [0.1, 0.15) is 41.3 Å². The van der Waals surface area contributed by atoms with Crippen LogP contribution in [-0.2, 0) is 0 Å². The lowest BCUT2D eigenvalue weighted by atomic mass is 9.98. The van der Waals surface area contributed by atoms with Crippen molar-refractivity contribution in [3.63, 3.8) is 0 Å². The number of benzene rings is 2. The van der Waals surface area contributed by atoms with Gasteiger partial charge < -0.3 is 0 Å². The maximum Gasteiger partial charge on any atom is 0.196 e. The maximum atomic E-state index is 13.5. The summed E-state index contributed by atoms with van der Waals surface area (Å²) in [5.74, 6) is -1.48. The van der Waals surface area contributed by atoms with Gasteiger partial charge in [0.2, 0.25) is 0 Å². The second-order valence-corrected chi connectivity index (χ2v) is 4.73. The van der Waals surface area contributed by atoms with E-state index in [0.29, 0.717) is 11.5 Å². The van der Waals surface area contributed by atoms with Crippen LogP contribution in [0.15, 0.2) is 42.5 Å². The van der Waals surface area contributed by atoms with Crippen molar-refractivity contribution in [3.05, 3.63) is 70.8 Å². The van der Waals surface area contributed by atoms with Crippen LogP contribution in [0.5, 0.6) is 0 Å². The molecule has 0 spiro atoms. The minimum atomic E-state index is -0.709. The van der Waals surface area contributed by atoms with Crippen molar-refractivity contribution >= 4 is 5.78 Å². The fourth-order valence-electron chi connectivity index (χ4n) is 1.85. The first kappa shape index (κ1) is 13.4. The van der Waals surface area contributed by atoms with Crippen LogP contribution in [0, 0.1) is 11.6 Å². The molecular formula is C16H14F2O. The molecule has 98 valence electrons. The third-order valence-electron chi connectivity index (χ3n) is 3.01. The summed E-state index contributed by atoms with van der Waals surface area (Å²) in [6.45, 7) is 4.09.